The molecule has 1 aromatic heterocycles. The van der Waals surface area contributed by atoms with Crippen molar-refractivity contribution in [2.75, 3.05) is 5.32 Å². The Bertz CT molecular complexity index is 749. The molecule has 104 valence electrons. The molecule has 0 spiro atoms. The fourth-order valence-corrected chi connectivity index (χ4v) is 1.67. The summed E-state index contributed by atoms with van der Waals surface area (Å²) in [5.41, 5.74) is 6.09. The van der Waals surface area contributed by atoms with E-state index in [1.807, 2.05) is 0 Å². The highest BCUT2D eigenvalue weighted by Gasteiger charge is 2.09. The molecule has 1 heterocycles. The summed E-state index contributed by atoms with van der Waals surface area (Å²) in [4.78, 5) is 23.3. The van der Waals surface area contributed by atoms with Gasteiger partial charge in [0.15, 0.2) is 17.0 Å². The van der Waals surface area contributed by atoms with Crippen LogP contribution in [-0.2, 0) is 4.79 Å². The van der Waals surface area contributed by atoms with Gasteiger partial charge in [-0.25, -0.2) is 0 Å². The molecule has 0 saturated heterocycles. The Balaban J connectivity index is 2.52. The zero-order chi connectivity index (χ0) is 14.7. The quantitative estimate of drug-likeness (QED) is 0.329. The number of fused-ring (bicyclic) bond motifs is 1. The summed E-state index contributed by atoms with van der Waals surface area (Å²) >= 11 is 0. The number of carbonyl (C=O) groups is 1. The van der Waals surface area contributed by atoms with Crippen LogP contribution < -0.4 is 22.3 Å². The molecule has 0 saturated carbocycles. The molecule has 1 amide bonds. The second-order valence-corrected chi connectivity index (χ2v) is 4.10. The first kappa shape index (κ1) is 13.6. The van der Waals surface area contributed by atoms with E-state index in [1.165, 1.54) is 6.07 Å². The molecular formula is C13H14N4O3. The molecule has 0 aliphatic heterocycles. The van der Waals surface area contributed by atoms with Crippen molar-refractivity contribution in [1.82, 2.24) is 0 Å². The Morgan fingerprint density at radius 1 is 1.40 bits per heavy atom. The highest BCUT2D eigenvalue weighted by molar-refractivity contribution is 5.97. The molecule has 2 aromatic rings. The zero-order valence-corrected chi connectivity index (χ0v) is 10.8. The molecule has 20 heavy (non-hydrogen) atoms. The van der Waals surface area contributed by atoms with Crippen molar-refractivity contribution in [3.05, 3.63) is 40.2 Å². The monoisotopic (exact) mass is 274 g/mol. The van der Waals surface area contributed by atoms with Crippen molar-refractivity contribution in [2.24, 2.45) is 16.7 Å². The van der Waals surface area contributed by atoms with Crippen molar-refractivity contribution in [2.45, 2.75) is 13.3 Å². The second-order valence-electron chi connectivity index (χ2n) is 4.10. The number of benzene rings is 1. The Morgan fingerprint density at radius 2 is 2.15 bits per heavy atom. The van der Waals surface area contributed by atoms with Gasteiger partial charge in [-0.3, -0.25) is 9.59 Å². The molecule has 0 radical (unpaired) electrons. The fourth-order valence-electron chi connectivity index (χ4n) is 1.67. The Morgan fingerprint density at radius 3 is 2.80 bits per heavy atom. The first-order chi connectivity index (χ1) is 9.55. The van der Waals surface area contributed by atoms with Gasteiger partial charge in [0.1, 0.15) is 5.58 Å². The minimum Gasteiger partial charge on any atom is -0.452 e. The van der Waals surface area contributed by atoms with Gasteiger partial charge in [-0.2, -0.15) is 5.10 Å². The first-order valence-electron chi connectivity index (χ1n) is 5.96. The molecule has 0 unspecified atom stereocenters. The van der Waals surface area contributed by atoms with Gasteiger partial charge in [-0.15, -0.1) is 0 Å². The summed E-state index contributed by atoms with van der Waals surface area (Å²) in [5.74, 6) is 4.96. The predicted octanol–water partition coefficient (Wildman–Crippen LogP) is 0.720. The lowest BCUT2D eigenvalue weighted by Crippen LogP contribution is -2.18. The molecule has 0 aliphatic carbocycles. The van der Waals surface area contributed by atoms with Crippen LogP contribution in [0.1, 0.15) is 19.1 Å². The van der Waals surface area contributed by atoms with Crippen molar-refractivity contribution >= 4 is 28.4 Å². The maximum Gasteiger partial charge on any atom is 0.224 e. The SMILES string of the molecule is CCC(=O)Nc1ccc2oc(C(N)=NN)cc(=O)c2c1. The van der Waals surface area contributed by atoms with Crippen LogP contribution in [0.15, 0.2) is 38.6 Å². The van der Waals surface area contributed by atoms with Gasteiger partial charge in [0.2, 0.25) is 5.91 Å². The highest BCUT2D eigenvalue weighted by Crippen LogP contribution is 2.17. The standard InChI is InChI=1S/C13H14N4O3/c1-2-12(19)16-7-3-4-10-8(5-7)9(18)6-11(20-10)13(14)17-15/h3-6H,2,15H2,1H3,(H2,14,17)(H,16,19). The molecular weight excluding hydrogens is 260 g/mol. The van der Waals surface area contributed by atoms with Crippen LogP contribution in [0.3, 0.4) is 0 Å². The minimum absolute atomic E-state index is 0.0626. The van der Waals surface area contributed by atoms with Crippen molar-refractivity contribution < 1.29 is 9.21 Å². The minimum atomic E-state index is -0.291. The van der Waals surface area contributed by atoms with E-state index in [0.717, 1.165) is 0 Å². The van der Waals surface area contributed by atoms with Crippen LogP contribution in [-0.4, -0.2) is 11.7 Å². The lowest BCUT2D eigenvalue weighted by molar-refractivity contribution is -0.115. The molecule has 0 fully saturated rings. The lowest BCUT2D eigenvalue weighted by atomic mass is 10.2. The molecule has 1 aromatic carbocycles. The molecule has 0 bridgehead atoms. The molecule has 2 rings (SSSR count). The van der Waals surface area contributed by atoms with E-state index in [1.54, 1.807) is 25.1 Å². The number of amidine groups is 1. The van der Waals surface area contributed by atoms with Crippen LogP contribution in [0.2, 0.25) is 0 Å². The van der Waals surface area contributed by atoms with Gasteiger partial charge in [0.05, 0.1) is 5.39 Å². The van der Waals surface area contributed by atoms with Crippen molar-refractivity contribution in [3.8, 4) is 0 Å². The zero-order valence-electron chi connectivity index (χ0n) is 10.8. The van der Waals surface area contributed by atoms with Crippen molar-refractivity contribution in [3.63, 3.8) is 0 Å². The average molecular weight is 274 g/mol. The first-order valence-corrected chi connectivity index (χ1v) is 5.96. The normalized spacial score (nSPS) is 11.6. The number of carbonyl (C=O) groups excluding carboxylic acids is 1. The third-order valence-electron chi connectivity index (χ3n) is 2.72. The molecule has 5 N–H and O–H groups in total. The molecule has 7 heteroatoms. The fraction of sp³-hybridized carbons (Fsp3) is 0.154. The summed E-state index contributed by atoms with van der Waals surface area (Å²) in [5, 5.41) is 6.29. The second kappa shape index (κ2) is 5.43. The Labute approximate surface area is 114 Å². The van der Waals surface area contributed by atoms with E-state index in [4.69, 9.17) is 16.0 Å². The van der Waals surface area contributed by atoms with Gasteiger partial charge in [0.25, 0.3) is 0 Å². The number of rotatable bonds is 3. The number of nitrogens with zero attached hydrogens (tertiary/aromatic N) is 1. The average Bonchev–Trinajstić information content (AvgIpc) is 2.46. The third-order valence-corrected chi connectivity index (χ3v) is 2.72. The summed E-state index contributed by atoms with van der Waals surface area (Å²) in [6.07, 6.45) is 0.356. The van der Waals surface area contributed by atoms with E-state index in [-0.39, 0.29) is 22.9 Å². The third kappa shape index (κ3) is 2.61. The number of hydrogen-bond acceptors (Lipinski definition) is 5. The number of anilines is 1. The maximum atomic E-state index is 12.0. The Hall–Kier alpha value is -2.83. The summed E-state index contributed by atoms with van der Waals surface area (Å²) in [6.45, 7) is 1.74. The van der Waals surface area contributed by atoms with E-state index in [9.17, 15) is 9.59 Å². The van der Waals surface area contributed by atoms with E-state index in [0.29, 0.717) is 23.1 Å². The summed E-state index contributed by atoms with van der Waals surface area (Å²) < 4.78 is 5.43. The van der Waals surface area contributed by atoms with Crippen LogP contribution in [0, 0.1) is 0 Å². The van der Waals surface area contributed by atoms with E-state index >= 15 is 0 Å². The lowest BCUT2D eigenvalue weighted by Gasteiger charge is -2.05. The maximum absolute atomic E-state index is 12.0. The largest absolute Gasteiger partial charge is 0.452 e. The van der Waals surface area contributed by atoms with Crippen molar-refractivity contribution in [1.29, 1.82) is 0 Å². The summed E-state index contributed by atoms with van der Waals surface area (Å²) in [6, 6.07) is 5.97. The van der Waals surface area contributed by atoms with Gasteiger partial charge < -0.3 is 21.3 Å². The van der Waals surface area contributed by atoms with Gasteiger partial charge >= 0.3 is 0 Å². The molecule has 0 aliphatic rings. The number of hydrogen-bond donors (Lipinski definition) is 3. The number of nitrogens with two attached hydrogens (primary N) is 2. The van der Waals surface area contributed by atoms with Gasteiger partial charge in [-0.1, -0.05) is 6.92 Å². The van der Waals surface area contributed by atoms with Crippen LogP contribution in [0.25, 0.3) is 11.0 Å². The van der Waals surface area contributed by atoms with Crippen LogP contribution in [0.4, 0.5) is 5.69 Å². The number of hydrazone groups is 1. The van der Waals surface area contributed by atoms with Crippen LogP contribution in [0.5, 0.6) is 0 Å². The van der Waals surface area contributed by atoms with Gasteiger partial charge in [0, 0.05) is 18.2 Å². The van der Waals surface area contributed by atoms with E-state index in [2.05, 4.69) is 10.4 Å². The van der Waals surface area contributed by atoms with Gasteiger partial charge in [-0.05, 0) is 18.2 Å². The molecule has 0 atom stereocenters. The number of amides is 1. The smallest absolute Gasteiger partial charge is 0.224 e. The molecule has 7 nitrogen and oxygen atoms in total. The van der Waals surface area contributed by atoms with Crippen LogP contribution >= 0.6 is 0 Å². The van der Waals surface area contributed by atoms with E-state index < -0.39 is 0 Å². The topological polar surface area (TPSA) is 124 Å². The number of nitrogens with one attached hydrogen (secondary N) is 1. The highest BCUT2D eigenvalue weighted by atomic mass is 16.3. The summed E-state index contributed by atoms with van der Waals surface area (Å²) in [7, 11) is 0. The Kier molecular flexibility index (Phi) is 3.69. The predicted molar refractivity (Wildman–Crippen MR) is 76.3 cm³/mol.